The number of halogens is 1. The van der Waals surface area contributed by atoms with Crippen LogP contribution < -0.4 is 10.6 Å². The Bertz CT molecular complexity index is 607. The maximum absolute atomic E-state index is 4.79. The molecule has 2 rings (SSSR count). The summed E-state index contributed by atoms with van der Waals surface area (Å²) in [4.78, 5) is 7.42. The fourth-order valence-electron chi connectivity index (χ4n) is 4.02. The summed E-state index contributed by atoms with van der Waals surface area (Å²) < 4.78 is 1.97. The van der Waals surface area contributed by atoms with Crippen LogP contribution in [0, 0.1) is 13.8 Å². The average Bonchev–Trinajstić information content (AvgIpc) is 2.91. The zero-order chi connectivity index (χ0) is 20.4. The van der Waals surface area contributed by atoms with Gasteiger partial charge in [0.15, 0.2) is 5.96 Å². The van der Waals surface area contributed by atoms with Crippen LogP contribution in [0.4, 0.5) is 0 Å². The van der Waals surface area contributed by atoms with Gasteiger partial charge in [0.25, 0.3) is 0 Å². The van der Waals surface area contributed by atoms with E-state index in [-0.39, 0.29) is 24.0 Å². The molecule has 0 amide bonds. The van der Waals surface area contributed by atoms with Gasteiger partial charge in [-0.05, 0) is 85.0 Å². The van der Waals surface area contributed by atoms with Crippen molar-refractivity contribution in [1.82, 2.24) is 25.3 Å². The van der Waals surface area contributed by atoms with Crippen LogP contribution in [-0.4, -0.2) is 59.4 Å². The van der Waals surface area contributed by atoms with Gasteiger partial charge in [0.2, 0.25) is 0 Å². The molecule has 1 aromatic heterocycles. The van der Waals surface area contributed by atoms with E-state index in [0.29, 0.717) is 6.04 Å². The lowest BCUT2D eigenvalue weighted by Gasteiger charge is -2.26. The minimum absolute atomic E-state index is 0. The molecule has 168 valence electrons. The molecular weight excluding hydrogens is 475 g/mol. The second-order valence-corrected chi connectivity index (χ2v) is 8.25. The van der Waals surface area contributed by atoms with Gasteiger partial charge in [-0.25, -0.2) is 0 Å². The lowest BCUT2D eigenvalue weighted by Crippen LogP contribution is -2.43. The molecule has 2 heterocycles. The Hall–Kier alpha value is -0.830. The van der Waals surface area contributed by atoms with Crippen molar-refractivity contribution in [1.29, 1.82) is 0 Å². The molecular formula is C22H43IN6. The van der Waals surface area contributed by atoms with Crippen molar-refractivity contribution >= 4 is 29.9 Å². The molecule has 1 saturated heterocycles. The summed E-state index contributed by atoms with van der Waals surface area (Å²) in [5.41, 5.74) is 3.72. The van der Waals surface area contributed by atoms with Crippen LogP contribution in [0.1, 0.15) is 69.3 Å². The van der Waals surface area contributed by atoms with E-state index < -0.39 is 0 Å². The van der Waals surface area contributed by atoms with E-state index in [2.05, 4.69) is 48.3 Å². The number of nitrogens with zero attached hydrogens (tertiary/aromatic N) is 4. The SMILES string of the molecule is CCNC(=NCCCCCN1CCCCC1)NC(C)Cc1c(C)nn(C)c1C.I. The molecule has 0 bridgehead atoms. The highest BCUT2D eigenvalue weighted by molar-refractivity contribution is 14.0. The molecule has 1 aromatic rings. The molecule has 0 radical (unpaired) electrons. The number of likely N-dealkylation sites (tertiary alicyclic amines) is 1. The Morgan fingerprint density at radius 3 is 2.48 bits per heavy atom. The van der Waals surface area contributed by atoms with E-state index in [9.17, 15) is 0 Å². The zero-order valence-electron chi connectivity index (χ0n) is 19.3. The number of unbranched alkanes of at least 4 members (excludes halogenated alkanes) is 2. The number of hydrogen-bond acceptors (Lipinski definition) is 3. The summed E-state index contributed by atoms with van der Waals surface area (Å²) >= 11 is 0. The summed E-state index contributed by atoms with van der Waals surface area (Å²) in [7, 11) is 2.01. The Morgan fingerprint density at radius 1 is 1.14 bits per heavy atom. The molecule has 29 heavy (non-hydrogen) atoms. The van der Waals surface area contributed by atoms with E-state index in [1.54, 1.807) is 0 Å². The number of aryl methyl sites for hydroxylation is 2. The first-order valence-corrected chi connectivity index (χ1v) is 11.3. The molecule has 6 nitrogen and oxygen atoms in total. The van der Waals surface area contributed by atoms with Gasteiger partial charge in [-0.15, -0.1) is 24.0 Å². The van der Waals surface area contributed by atoms with Gasteiger partial charge in [0.1, 0.15) is 0 Å². The van der Waals surface area contributed by atoms with Gasteiger partial charge in [-0.2, -0.15) is 5.10 Å². The van der Waals surface area contributed by atoms with E-state index in [1.165, 1.54) is 69.4 Å². The van der Waals surface area contributed by atoms with Gasteiger partial charge in [-0.1, -0.05) is 12.8 Å². The topological polar surface area (TPSA) is 57.5 Å². The largest absolute Gasteiger partial charge is 0.357 e. The molecule has 2 N–H and O–H groups in total. The fourth-order valence-corrected chi connectivity index (χ4v) is 4.02. The number of aliphatic imine (C=N–C) groups is 1. The third-order valence-electron chi connectivity index (χ3n) is 5.75. The van der Waals surface area contributed by atoms with Crippen molar-refractivity contribution in [3.8, 4) is 0 Å². The van der Waals surface area contributed by atoms with Crippen LogP contribution in [0.3, 0.4) is 0 Å². The van der Waals surface area contributed by atoms with Gasteiger partial charge < -0.3 is 15.5 Å². The van der Waals surface area contributed by atoms with Crippen molar-refractivity contribution in [3.05, 3.63) is 17.0 Å². The molecule has 0 spiro atoms. The lowest BCUT2D eigenvalue weighted by molar-refractivity contribution is 0.224. The predicted octanol–water partition coefficient (Wildman–Crippen LogP) is 3.80. The van der Waals surface area contributed by atoms with Crippen molar-refractivity contribution < 1.29 is 0 Å². The number of guanidine groups is 1. The number of nitrogens with one attached hydrogen (secondary N) is 2. The standard InChI is InChI=1S/C22H42N6.HI/c1-6-23-22(24-13-9-7-10-14-28-15-11-8-12-16-28)25-18(2)17-21-19(3)26-27(5)20(21)4;/h18H,6-17H2,1-5H3,(H2,23,24,25);1H. The highest BCUT2D eigenvalue weighted by atomic mass is 127. The van der Waals surface area contributed by atoms with E-state index in [1.807, 2.05) is 11.7 Å². The summed E-state index contributed by atoms with van der Waals surface area (Å²) in [5.74, 6) is 0.935. The first-order chi connectivity index (χ1) is 13.5. The van der Waals surface area contributed by atoms with Crippen LogP contribution in [0.15, 0.2) is 4.99 Å². The molecule has 1 aliphatic rings. The van der Waals surface area contributed by atoms with Crippen molar-refractivity contribution in [2.24, 2.45) is 12.0 Å². The number of aromatic nitrogens is 2. The maximum atomic E-state index is 4.79. The fraction of sp³-hybridized carbons (Fsp3) is 0.818. The number of hydrogen-bond donors (Lipinski definition) is 2. The molecule has 0 aromatic carbocycles. The minimum Gasteiger partial charge on any atom is -0.357 e. The van der Waals surface area contributed by atoms with Crippen LogP contribution in [0.25, 0.3) is 0 Å². The lowest BCUT2D eigenvalue weighted by atomic mass is 10.1. The number of rotatable bonds is 10. The summed E-state index contributed by atoms with van der Waals surface area (Å²) in [6.07, 6.45) is 8.89. The van der Waals surface area contributed by atoms with Gasteiger partial charge in [0.05, 0.1) is 5.69 Å². The van der Waals surface area contributed by atoms with Gasteiger partial charge in [-0.3, -0.25) is 9.67 Å². The Labute approximate surface area is 195 Å². The Balaban J connectivity index is 0.00000420. The summed E-state index contributed by atoms with van der Waals surface area (Å²) in [5, 5.41) is 11.5. The summed E-state index contributed by atoms with van der Waals surface area (Å²) in [6, 6.07) is 0.318. The molecule has 0 saturated carbocycles. The van der Waals surface area contributed by atoms with Crippen LogP contribution in [0.2, 0.25) is 0 Å². The maximum Gasteiger partial charge on any atom is 0.191 e. The third-order valence-corrected chi connectivity index (χ3v) is 5.75. The van der Waals surface area contributed by atoms with Crippen LogP contribution in [-0.2, 0) is 13.5 Å². The second kappa shape index (κ2) is 14.2. The minimum atomic E-state index is 0. The second-order valence-electron chi connectivity index (χ2n) is 8.25. The monoisotopic (exact) mass is 518 g/mol. The van der Waals surface area contributed by atoms with Crippen LogP contribution >= 0.6 is 24.0 Å². The van der Waals surface area contributed by atoms with Gasteiger partial charge in [0, 0.05) is 31.9 Å². The molecule has 1 fully saturated rings. The van der Waals surface area contributed by atoms with Crippen molar-refractivity contribution in [2.45, 2.75) is 78.7 Å². The van der Waals surface area contributed by atoms with Gasteiger partial charge >= 0.3 is 0 Å². The summed E-state index contributed by atoms with van der Waals surface area (Å²) in [6.45, 7) is 14.2. The number of piperidine rings is 1. The average molecular weight is 519 g/mol. The first-order valence-electron chi connectivity index (χ1n) is 11.3. The Kier molecular flexibility index (Phi) is 12.9. The highest BCUT2D eigenvalue weighted by Gasteiger charge is 2.14. The molecule has 1 atom stereocenters. The van der Waals surface area contributed by atoms with Crippen molar-refractivity contribution in [3.63, 3.8) is 0 Å². The highest BCUT2D eigenvalue weighted by Crippen LogP contribution is 2.14. The smallest absolute Gasteiger partial charge is 0.191 e. The van der Waals surface area contributed by atoms with Crippen LogP contribution in [0.5, 0.6) is 0 Å². The molecule has 0 aliphatic carbocycles. The quantitative estimate of drug-likeness (QED) is 0.214. The van der Waals surface area contributed by atoms with Crippen molar-refractivity contribution in [2.75, 3.05) is 32.7 Å². The molecule has 7 heteroatoms. The van der Waals surface area contributed by atoms with E-state index in [4.69, 9.17) is 4.99 Å². The van der Waals surface area contributed by atoms with E-state index in [0.717, 1.165) is 31.2 Å². The molecule has 1 aliphatic heterocycles. The normalized spacial score (nSPS) is 16.4. The predicted molar refractivity (Wildman–Crippen MR) is 135 cm³/mol. The molecule has 1 unspecified atom stereocenters. The third kappa shape index (κ3) is 9.24. The Morgan fingerprint density at radius 2 is 1.86 bits per heavy atom. The van der Waals surface area contributed by atoms with E-state index >= 15 is 0 Å². The first kappa shape index (κ1) is 26.2. The zero-order valence-corrected chi connectivity index (χ0v) is 21.6.